The van der Waals surface area contributed by atoms with Crippen molar-refractivity contribution in [2.24, 2.45) is 0 Å². The number of hydrogen-bond acceptors (Lipinski definition) is 2. The molecule has 6 heteroatoms. The van der Waals surface area contributed by atoms with Gasteiger partial charge in [0.15, 0.2) is 0 Å². The van der Waals surface area contributed by atoms with E-state index < -0.39 is 17.7 Å². The highest BCUT2D eigenvalue weighted by atomic mass is 79.9. The van der Waals surface area contributed by atoms with E-state index >= 15 is 0 Å². The van der Waals surface area contributed by atoms with E-state index in [1.165, 1.54) is 23.5 Å². The van der Waals surface area contributed by atoms with Gasteiger partial charge < -0.3 is 5.32 Å². The second-order valence-corrected chi connectivity index (χ2v) is 7.87. The van der Waals surface area contributed by atoms with Crippen LogP contribution in [0.25, 0.3) is 0 Å². The number of hydrogen-bond donors (Lipinski definition) is 1. The average Bonchev–Trinajstić information content (AvgIpc) is 2.66. The molecule has 1 unspecified atom stereocenters. The molecule has 0 bridgehead atoms. The van der Waals surface area contributed by atoms with E-state index in [0.717, 1.165) is 13.1 Å². The molecule has 0 aliphatic rings. The van der Waals surface area contributed by atoms with Crippen molar-refractivity contribution in [3.8, 4) is 0 Å². The van der Waals surface area contributed by atoms with Gasteiger partial charge in [-0.15, -0.1) is 11.3 Å². The number of rotatable bonds is 3. The summed E-state index contributed by atoms with van der Waals surface area (Å²) in [6.45, 7) is 1.55. The lowest BCUT2D eigenvalue weighted by atomic mass is 9.99. The Morgan fingerprint density at radius 3 is 2.32 bits per heavy atom. The summed E-state index contributed by atoms with van der Waals surface area (Å²) in [5.41, 5.74) is 1.49. The van der Waals surface area contributed by atoms with Gasteiger partial charge in [0.2, 0.25) is 0 Å². The van der Waals surface area contributed by atoms with Gasteiger partial charge in [0, 0.05) is 5.56 Å². The maximum atomic E-state index is 14.1. The maximum absolute atomic E-state index is 14.1. The monoisotopic (exact) mass is 409 g/mol. The SMILES string of the molecule is CNC(c1cc(F)c(C)cc1F)c1cc(Br)sc1Br. The molecule has 1 heterocycles. The topological polar surface area (TPSA) is 12.0 Å². The Morgan fingerprint density at radius 1 is 1.11 bits per heavy atom. The van der Waals surface area contributed by atoms with Gasteiger partial charge >= 0.3 is 0 Å². The minimum atomic E-state index is -0.410. The van der Waals surface area contributed by atoms with Gasteiger partial charge in [-0.2, -0.15) is 0 Å². The number of aryl methyl sites for hydroxylation is 1. The summed E-state index contributed by atoms with van der Waals surface area (Å²) in [7, 11) is 1.72. The molecule has 0 aliphatic carbocycles. The molecule has 1 N–H and O–H groups in total. The molecule has 19 heavy (non-hydrogen) atoms. The summed E-state index contributed by atoms with van der Waals surface area (Å²) < 4.78 is 29.5. The number of thiophene rings is 1. The summed E-state index contributed by atoms with van der Waals surface area (Å²) in [6, 6.07) is 3.98. The largest absolute Gasteiger partial charge is 0.309 e. The molecule has 1 aromatic carbocycles. The van der Waals surface area contributed by atoms with E-state index in [9.17, 15) is 8.78 Å². The molecule has 0 saturated heterocycles. The Morgan fingerprint density at radius 2 is 1.79 bits per heavy atom. The molecule has 0 amide bonds. The van der Waals surface area contributed by atoms with Crippen molar-refractivity contribution >= 4 is 43.2 Å². The fraction of sp³-hybridized carbons (Fsp3) is 0.231. The molecule has 0 fully saturated rings. The second kappa shape index (κ2) is 5.99. The van der Waals surface area contributed by atoms with Crippen LogP contribution in [-0.2, 0) is 0 Å². The third kappa shape index (κ3) is 3.07. The minimum absolute atomic E-state index is 0.302. The van der Waals surface area contributed by atoms with Gasteiger partial charge in [-0.1, -0.05) is 0 Å². The zero-order chi connectivity index (χ0) is 14.2. The summed E-state index contributed by atoms with van der Waals surface area (Å²) in [4.78, 5) is 0. The normalized spacial score (nSPS) is 12.7. The fourth-order valence-electron chi connectivity index (χ4n) is 1.91. The summed E-state index contributed by atoms with van der Waals surface area (Å²) >= 11 is 8.33. The Labute approximate surface area is 131 Å². The Hall–Kier alpha value is -0.300. The Balaban J connectivity index is 2.54. The number of benzene rings is 1. The highest BCUT2D eigenvalue weighted by molar-refractivity contribution is 9.12. The van der Waals surface area contributed by atoms with Crippen molar-refractivity contribution in [1.29, 1.82) is 0 Å². The van der Waals surface area contributed by atoms with Crippen molar-refractivity contribution in [3.63, 3.8) is 0 Å². The first-order valence-corrected chi connectivity index (χ1v) is 7.91. The summed E-state index contributed by atoms with van der Waals surface area (Å²) in [5.74, 6) is -0.811. The van der Waals surface area contributed by atoms with Gasteiger partial charge in [0.05, 0.1) is 13.6 Å². The minimum Gasteiger partial charge on any atom is -0.309 e. The van der Waals surface area contributed by atoms with Crippen molar-refractivity contribution in [1.82, 2.24) is 5.32 Å². The van der Waals surface area contributed by atoms with Crippen LogP contribution in [0.5, 0.6) is 0 Å². The van der Waals surface area contributed by atoms with Crippen LogP contribution < -0.4 is 5.32 Å². The first kappa shape index (κ1) is 15.1. The molecular formula is C13H11Br2F2NS. The molecule has 1 nitrogen and oxygen atoms in total. The van der Waals surface area contributed by atoms with Gasteiger partial charge in [-0.3, -0.25) is 0 Å². The van der Waals surface area contributed by atoms with Gasteiger partial charge in [-0.25, -0.2) is 8.78 Å². The smallest absolute Gasteiger partial charge is 0.128 e. The quantitative estimate of drug-likeness (QED) is 0.735. The van der Waals surface area contributed by atoms with Crippen LogP contribution in [0, 0.1) is 18.6 Å². The molecule has 0 aliphatic heterocycles. The highest BCUT2D eigenvalue weighted by Crippen LogP contribution is 2.38. The molecular weight excluding hydrogens is 400 g/mol. The van der Waals surface area contributed by atoms with E-state index in [4.69, 9.17) is 0 Å². The Bertz CT molecular complexity index is 613. The predicted octanol–water partition coefficient (Wildman–Crippen LogP) is 5.17. The van der Waals surface area contributed by atoms with Crippen molar-refractivity contribution in [3.05, 3.63) is 54.1 Å². The fourth-order valence-corrected chi connectivity index (χ4v) is 4.81. The van der Waals surface area contributed by atoms with Crippen LogP contribution in [0.3, 0.4) is 0 Å². The van der Waals surface area contributed by atoms with E-state index in [1.54, 1.807) is 14.0 Å². The van der Waals surface area contributed by atoms with Gasteiger partial charge in [0.1, 0.15) is 11.6 Å². The first-order valence-electron chi connectivity index (χ1n) is 5.51. The van der Waals surface area contributed by atoms with Crippen LogP contribution in [0.2, 0.25) is 0 Å². The van der Waals surface area contributed by atoms with Crippen LogP contribution >= 0.6 is 43.2 Å². The zero-order valence-electron chi connectivity index (χ0n) is 10.2. The average molecular weight is 411 g/mol. The third-order valence-corrected chi connectivity index (χ3v) is 5.26. The Kier molecular flexibility index (Phi) is 4.76. The van der Waals surface area contributed by atoms with Crippen LogP contribution in [0.4, 0.5) is 8.78 Å². The lowest BCUT2D eigenvalue weighted by molar-refractivity contribution is 0.553. The lowest BCUT2D eigenvalue weighted by Gasteiger charge is -2.18. The molecule has 2 rings (SSSR count). The van der Waals surface area contributed by atoms with Gasteiger partial charge in [-0.05, 0) is 75.2 Å². The molecule has 1 atom stereocenters. The highest BCUT2D eigenvalue weighted by Gasteiger charge is 2.22. The third-order valence-electron chi connectivity index (χ3n) is 2.87. The van der Waals surface area contributed by atoms with Gasteiger partial charge in [0.25, 0.3) is 0 Å². The van der Waals surface area contributed by atoms with Crippen molar-refractivity contribution in [2.45, 2.75) is 13.0 Å². The van der Waals surface area contributed by atoms with Crippen LogP contribution in [0.1, 0.15) is 22.7 Å². The van der Waals surface area contributed by atoms with Crippen LogP contribution in [-0.4, -0.2) is 7.05 Å². The summed E-state index contributed by atoms with van der Waals surface area (Å²) in [5, 5.41) is 3.03. The standard InChI is InChI=1S/C13H11Br2F2NS/c1-6-3-10(17)7(4-9(6)16)12(18-2)8-5-11(14)19-13(8)15/h3-5,12,18H,1-2H3. The van der Waals surface area contributed by atoms with E-state index in [-0.39, 0.29) is 0 Å². The number of nitrogens with one attached hydrogen (secondary N) is 1. The van der Waals surface area contributed by atoms with E-state index in [1.807, 2.05) is 6.07 Å². The maximum Gasteiger partial charge on any atom is 0.128 e. The molecule has 0 radical (unpaired) electrons. The molecule has 0 spiro atoms. The van der Waals surface area contributed by atoms with Crippen molar-refractivity contribution < 1.29 is 8.78 Å². The molecule has 102 valence electrons. The second-order valence-electron chi connectivity index (χ2n) is 4.12. The molecule has 2 aromatic rings. The zero-order valence-corrected chi connectivity index (χ0v) is 14.2. The molecule has 0 saturated carbocycles. The van der Waals surface area contributed by atoms with Crippen molar-refractivity contribution in [2.75, 3.05) is 7.05 Å². The number of halogens is 4. The molecule has 1 aromatic heterocycles. The van der Waals surface area contributed by atoms with E-state index in [2.05, 4.69) is 37.2 Å². The first-order chi connectivity index (χ1) is 8.93. The lowest BCUT2D eigenvalue weighted by Crippen LogP contribution is -2.19. The van der Waals surface area contributed by atoms with Crippen LogP contribution in [0.15, 0.2) is 25.8 Å². The summed E-state index contributed by atoms with van der Waals surface area (Å²) in [6.07, 6.45) is 0. The predicted molar refractivity (Wildman–Crippen MR) is 81.7 cm³/mol. The van der Waals surface area contributed by atoms with E-state index in [0.29, 0.717) is 11.1 Å².